The number of imidazole rings is 1. The molecule has 0 radical (unpaired) electrons. The third-order valence-electron chi connectivity index (χ3n) is 3.44. The molecule has 0 aliphatic heterocycles. The van der Waals surface area contributed by atoms with Gasteiger partial charge in [-0.2, -0.15) is 0 Å². The van der Waals surface area contributed by atoms with Crippen molar-refractivity contribution >= 4 is 23.2 Å². The molecule has 0 saturated heterocycles. The van der Waals surface area contributed by atoms with E-state index in [-0.39, 0.29) is 5.97 Å². The number of nitrogens with zero attached hydrogens (tertiary/aromatic N) is 2. The summed E-state index contributed by atoms with van der Waals surface area (Å²) in [5, 5.41) is 0.639. The zero-order valence-corrected chi connectivity index (χ0v) is 13.1. The van der Waals surface area contributed by atoms with Crippen LogP contribution < -0.4 is 0 Å². The second-order valence-corrected chi connectivity index (χ2v) is 5.40. The van der Waals surface area contributed by atoms with Gasteiger partial charge in [-0.1, -0.05) is 23.7 Å². The molecule has 5 heteroatoms. The summed E-state index contributed by atoms with van der Waals surface area (Å²) >= 11 is 6.08. The lowest BCUT2D eigenvalue weighted by Crippen LogP contribution is -2.07. The van der Waals surface area contributed by atoms with Crippen molar-refractivity contribution in [1.29, 1.82) is 0 Å². The number of carbonyl (C=O) groups is 1. The van der Waals surface area contributed by atoms with Crippen LogP contribution in [0, 0.1) is 6.92 Å². The van der Waals surface area contributed by atoms with Crippen LogP contribution in [-0.2, 0) is 4.74 Å². The Morgan fingerprint density at radius 1 is 1.36 bits per heavy atom. The van der Waals surface area contributed by atoms with E-state index in [2.05, 4.69) is 4.98 Å². The fraction of sp³-hybridized carbons (Fsp3) is 0.176. The Bertz CT molecular complexity index is 855. The maximum absolute atomic E-state index is 12.1. The number of benzene rings is 1. The van der Waals surface area contributed by atoms with Crippen LogP contribution in [-0.4, -0.2) is 22.0 Å². The van der Waals surface area contributed by atoms with E-state index < -0.39 is 0 Å². The lowest BCUT2D eigenvalue weighted by atomic mass is 10.1. The minimum absolute atomic E-state index is 0.340. The van der Waals surface area contributed by atoms with E-state index in [0.29, 0.717) is 17.2 Å². The number of halogens is 1. The Kier molecular flexibility index (Phi) is 3.86. The van der Waals surface area contributed by atoms with Gasteiger partial charge in [-0.25, -0.2) is 9.78 Å². The van der Waals surface area contributed by atoms with Gasteiger partial charge in [0.05, 0.1) is 12.2 Å². The monoisotopic (exact) mass is 314 g/mol. The van der Waals surface area contributed by atoms with Gasteiger partial charge in [0, 0.05) is 28.7 Å². The van der Waals surface area contributed by atoms with Crippen LogP contribution in [0.2, 0.25) is 5.02 Å². The summed E-state index contributed by atoms with van der Waals surface area (Å²) in [7, 11) is 0. The topological polar surface area (TPSA) is 43.6 Å². The number of aryl methyl sites for hydroxylation is 1. The molecule has 0 N–H and O–H groups in total. The molecule has 4 nitrogen and oxygen atoms in total. The Morgan fingerprint density at radius 2 is 2.18 bits per heavy atom. The van der Waals surface area contributed by atoms with Crippen LogP contribution in [0.1, 0.15) is 23.0 Å². The number of carbonyl (C=O) groups excluding carboxylic acids is 1. The molecule has 2 heterocycles. The minimum atomic E-state index is -0.347. The summed E-state index contributed by atoms with van der Waals surface area (Å²) in [5.41, 5.74) is 3.98. The maximum atomic E-state index is 12.1. The molecule has 0 unspecified atom stereocenters. The van der Waals surface area contributed by atoms with Gasteiger partial charge in [0.25, 0.3) is 0 Å². The van der Waals surface area contributed by atoms with Gasteiger partial charge in [-0.3, -0.25) is 0 Å². The molecule has 2 aromatic heterocycles. The van der Waals surface area contributed by atoms with Crippen LogP contribution >= 0.6 is 11.6 Å². The van der Waals surface area contributed by atoms with Crippen LogP contribution in [0.15, 0.2) is 42.7 Å². The molecule has 0 amide bonds. The second kappa shape index (κ2) is 5.81. The summed E-state index contributed by atoms with van der Waals surface area (Å²) in [6.07, 6.45) is 3.53. The van der Waals surface area contributed by atoms with E-state index in [9.17, 15) is 4.79 Å². The van der Waals surface area contributed by atoms with E-state index in [0.717, 1.165) is 22.5 Å². The summed E-state index contributed by atoms with van der Waals surface area (Å²) in [5.74, 6) is -0.347. The molecule has 0 bridgehead atoms. The standard InChI is InChI=1S/C17H15ClN2O2/c1-3-22-17(21)13-8-15(12-5-4-6-14(18)7-12)16-19-9-11(2)20(16)10-13/h4-10H,3H2,1-2H3. The highest BCUT2D eigenvalue weighted by atomic mass is 35.5. The van der Waals surface area contributed by atoms with Crippen molar-refractivity contribution in [3.05, 3.63) is 59.0 Å². The van der Waals surface area contributed by atoms with Gasteiger partial charge in [-0.15, -0.1) is 0 Å². The largest absolute Gasteiger partial charge is 0.462 e. The fourth-order valence-electron chi connectivity index (χ4n) is 2.40. The molecule has 3 aromatic rings. The quantitative estimate of drug-likeness (QED) is 0.682. The molecule has 0 atom stereocenters. The van der Waals surface area contributed by atoms with Gasteiger partial charge >= 0.3 is 5.97 Å². The molecule has 112 valence electrons. The van der Waals surface area contributed by atoms with Crippen molar-refractivity contribution in [2.24, 2.45) is 0 Å². The zero-order valence-electron chi connectivity index (χ0n) is 12.3. The van der Waals surface area contributed by atoms with Gasteiger partial charge < -0.3 is 9.14 Å². The Hall–Kier alpha value is -2.33. The molecular weight excluding hydrogens is 300 g/mol. The van der Waals surface area contributed by atoms with Gasteiger partial charge in [0.2, 0.25) is 0 Å². The fourth-order valence-corrected chi connectivity index (χ4v) is 2.59. The van der Waals surface area contributed by atoms with Gasteiger partial charge in [0.15, 0.2) is 0 Å². The number of aromatic nitrogens is 2. The molecule has 22 heavy (non-hydrogen) atoms. The first kappa shape index (κ1) is 14.6. The average molecular weight is 315 g/mol. The lowest BCUT2D eigenvalue weighted by molar-refractivity contribution is 0.0526. The first-order valence-electron chi connectivity index (χ1n) is 7.01. The van der Waals surface area contributed by atoms with Crippen LogP contribution in [0.5, 0.6) is 0 Å². The van der Waals surface area contributed by atoms with Crippen molar-refractivity contribution in [3.63, 3.8) is 0 Å². The lowest BCUT2D eigenvalue weighted by Gasteiger charge is -2.09. The number of hydrogen-bond acceptors (Lipinski definition) is 3. The van der Waals surface area contributed by atoms with E-state index in [1.165, 1.54) is 0 Å². The number of fused-ring (bicyclic) bond motifs is 1. The normalized spacial score (nSPS) is 10.9. The molecule has 0 aliphatic rings. The highest BCUT2D eigenvalue weighted by Gasteiger charge is 2.15. The van der Waals surface area contributed by atoms with Gasteiger partial charge in [0.1, 0.15) is 5.65 Å². The predicted molar refractivity (Wildman–Crippen MR) is 86.3 cm³/mol. The zero-order chi connectivity index (χ0) is 15.7. The average Bonchev–Trinajstić information content (AvgIpc) is 2.88. The van der Waals surface area contributed by atoms with Crippen molar-refractivity contribution in [2.75, 3.05) is 6.61 Å². The van der Waals surface area contributed by atoms with E-state index in [1.807, 2.05) is 35.6 Å². The summed E-state index contributed by atoms with van der Waals surface area (Å²) in [6, 6.07) is 9.29. The molecule has 0 aliphatic carbocycles. The van der Waals surface area contributed by atoms with Crippen molar-refractivity contribution < 1.29 is 9.53 Å². The SMILES string of the molecule is CCOC(=O)c1cc(-c2cccc(Cl)c2)c2ncc(C)n2c1. The van der Waals surface area contributed by atoms with Gasteiger partial charge in [-0.05, 0) is 37.6 Å². The first-order valence-corrected chi connectivity index (χ1v) is 7.38. The van der Waals surface area contributed by atoms with E-state index >= 15 is 0 Å². The third kappa shape index (κ3) is 2.57. The van der Waals surface area contributed by atoms with Crippen LogP contribution in [0.25, 0.3) is 16.8 Å². The molecule has 1 aromatic carbocycles. The highest BCUT2D eigenvalue weighted by Crippen LogP contribution is 2.28. The van der Waals surface area contributed by atoms with E-state index in [1.54, 1.807) is 25.4 Å². The smallest absolute Gasteiger partial charge is 0.339 e. The van der Waals surface area contributed by atoms with Crippen LogP contribution in [0.4, 0.5) is 0 Å². The number of rotatable bonds is 3. The second-order valence-electron chi connectivity index (χ2n) is 4.97. The van der Waals surface area contributed by atoms with Crippen molar-refractivity contribution in [1.82, 2.24) is 9.38 Å². The summed E-state index contributed by atoms with van der Waals surface area (Å²) in [4.78, 5) is 16.5. The highest BCUT2D eigenvalue weighted by molar-refractivity contribution is 6.30. The van der Waals surface area contributed by atoms with Crippen molar-refractivity contribution in [3.8, 4) is 11.1 Å². The number of esters is 1. The van der Waals surface area contributed by atoms with Crippen molar-refractivity contribution in [2.45, 2.75) is 13.8 Å². The molecule has 0 saturated carbocycles. The summed E-state index contributed by atoms with van der Waals surface area (Å²) in [6.45, 7) is 4.07. The van der Waals surface area contributed by atoms with E-state index in [4.69, 9.17) is 16.3 Å². The van der Waals surface area contributed by atoms with Crippen LogP contribution in [0.3, 0.4) is 0 Å². The predicted octanol–water partition coefficient (Wildman–Crippen LogP) is 4.14. The number of hydrogen-bond donors (Lipinski definition) is 0. The Morgan fingerprint density at radius 3 is 2.91 bits per heavy atom. The molecule has 0 fully saturated rings. The maximum Gasteiger partial charge on any atom is 0.339 e. The third-order valence-corrected chi connectivity index (χ3v) is 3.67. The molecular formula is C17H15ClN2O2. The Balaban J connectivity index is 2.25. The molecule has 3 rings (SSSR count). The first-order chi connectivity index (χ1) is 10.6. The molecule has 0 spiro atoms. The summed E-state index contributed by atoms with van der Waals surface area (Å²) < 4.78 is 7.00. The number of ether oxygens (including phenoxy) is 1. The Labute approximate surface area is 133 Å². The minimum Gasteiger partial charge on any atom is -0.462 e. The number of pyridine rings is 1.